The lowest BCUT2D eigenvalue weighted by molar-refractivity contribution is 0.983. The van der Waals surface area contributed by atoms with Gasteiger partial charge in [0, 0.05) is 5.33 Å². The Morgan fingerprint density at radius 2 is 1.92 bits per heavy atom. The second kappa shape index (κ2) is 6.01. The van der Waals surface area contributed by atoms with Crippen LogP contribution in [0.15, 0.2) is 36.4 Å². The van der Waals surface area contributed by atoms with Crippen LogP contribution in [-0.2, 0) is 0 Å². The summed E-state index contributed by atoms with van der Waals surface area (Å²) in [5.41, 5.74) is 1.28. The summed E-state index contributed by atoms with van der Waals surface area (Å²) in [6.45, 7) is 0. The summed E-state index contributed by atoms with van der Waals surface area (Å²) in [5, 5.41) is 1.09. The lowest BCUT2D eigenvalue weighted by Crippen LogP contribution is -1.71. The fraction of sp³-hybridized carbons (Fsp3) is 0.273. The van der Waals surface area contributed by atoms with Crippen molar-refractivity contribution in [2.45, 2.75) is 12.8 Å². The van der Waals surface area contributed by atoms with Gasteiger partial charge in [-0.25, -0.2) is 0 Å². The molecule has 1 heteroatoms. The second-order valence-electron chi connectivity index (χ2n) is 2.64. The van der Waals surface area contributed by atoms with Crippen LogP contribution < -0.4 is 0 Å². The average Bonchev–Trinajstić information content (AvgIpc) is 2.14. The molecule has 0 aliphatic heterocycles. The molecule has 1 aromatic carbocycles. The van der Waals surface area contributed by atoms with Gasteiger partial charge >= 0.3 is 0 Å². The number of alkyl halides is 1. The Morgan fingerprint density at radius 1 is 1.17 bits per heavy atom. The smallest absolute Gasteiger partial charge is 0.00342 e. The van der Waals surface area contributed by atoms with Gasteiger partial charge in [-0.15, -0.1) is 0 Å². The van der Waals surface area contributed by atoms with E-state index in [1.165, 1.54) is 12.0 Å². The van der Waals surface area contributed by atoms with E-state index in [0.29, 0.717) is 0 Å². The first-order valence-electron chi connectivity index (χ1n) is 4.21. The fourth-order valence-electron chi connectivity index (χ4n) is 0.979. The highest BCUT2D eigenvalue weighted by Crippen LogP contribution is 2.03. The van der Waals surface area contributed by atoms with Crippen molar-refractivity contribution in [3.8, 4) is 0 Å². The third-order valence-electron chi connectivity index (χ3n) is 1.61. The van der Waals surface area contributed by atoms with Crippen LogP contribution in [0.5, 0.6) is 0 Å². The van der Waals surface area contributed by atoms with E-state index >= 15 is 0 Å². The molecule has 0 nitrogen and oxygen atoms in total. The summed E-state index contributed by atoms with van der Waals surface area (Å²) < 4.78 is 0. The largest absolute Gasteiger partial charge is 0.0928 e. The summed E-state index contributed by atoms with van der Waals surface area (Å²) in [6.07, 6.45) is 6.75. The first-order chi connectivity index (χ1) is 5.93. The summed E-state index contributed by atoms with van der Waals surface area (Å²) in [6, 6.07) is 10.4. The van der Waals surface area contributed by atoms with Crippen LogP contribution in [0.3, 0.4) is 0 Å². The van der Waals surface area contributed by atoms with Crippen LogP contribution in [0.2, 0.25) is 0 Å². The number of hydrogen-bond acceptors (Lipinski definition) is 0. The molecule has 0 fully saturated rings. The van der Waals surface area contributed by atoms with E-state index in [-0.39, 0.29) is 0 Å². The third-order valence-corrected chi connectivity index (χ3v) is 2.18. The zero-order chi connectivity index (χ0) is 8.65. The highest BCUT2D eigenvalue weighted by atomic mass is 79.9. The van der Waals surface area contributed by atoms with Crippen LogP contribution in [0, 0.1) is 0 Å². The first-order valence-corrected chi connectivity index (χ1v) is 5.33. The predicted octanol–water partition coefficient (Wildman–Crippen LogP) is 3.87. The molecular formula is C11H13Br. The molecule has 0 saturated heterocycles. The normalized spacial score (nSPS) is 10.8. The number of hydrogen-bond donors (Lipinski definition) is 0. The minimum absolute atomic E-state index is 1.09. The zero-order valence-electron chi connectivity index (χ0n) is 7.04. The molecule has 1 aromatic rings. The van der Waals surface area contributed by atoms with Crippen molar-refractivity contribution >= 4 is 22.0 Å². The number of halogens is 1. The minimum atomic E-state index is 1.09. The molecule has 0 N–H and O–H groups in total. The molecule has 0 aliphatic carbocycles. The van der Waals surface area contributed by atoms with Crippen LogP contribution in [0.1, 0.15) is 18.4 Å². The molecule has 0 amide bonds. The van der Waals surface area contributed by atoms with E-state index in [1.807, 2.05) is 6.07 Å². The summed E-state index contributed by atoms with van der Waals surface area (Å²) >= 11 is 3.40. The van der Waals surface area contributed by atoms with Gasteiger partial charge < -0.3 is 0 Å². The Bertz CT molecular complexity index is 226. The van der Waals surface area contributed by atoms with Gasteiger partial charge in [-0.05, 0) is 18.4 Å². The Labute approximate surface area is 82.4 Å². The van der Waals surface area contributed by atoms with E-state index < -0.39 is 0 Å². The highest BCUT2D eigenvalue weighted by molar-refractivity contribution is 9.09. The molecule has 12 heavy (non-hydrogen) atoms. The Balaban J connectivity index is 2.36. The molecule has 64 valence electrons. The minimum Gasteiger partial charge on any atom is -0.0928 e. The van der Waals surface area contributed by atoms with E-state index in [4.69, 9.17) is 0 Å². The standard InChI is InChI=1S/C11H13Br/c12-10-6-2-5-9-11-7-3-1-4-8-11/h1,3-5,7-9H,2,6,10H2/b9-5-. The summed E-state index contributed by atoms with van der Waals surface area (Å²) in [7, 11) is 0. The van der Waals surface area contributed by atoms with Crippen molar-refractivity contribution in [1.82, 2.24) is 0 Å². The maximum Gasteiger partial charge on any atom is 0.00342 e. The maximum absolute atomic E-state index is 3.40. The molecule has 1 rings (SSSR count). The van der Waals surface area contributed by atoms with Crippen molar-refractivity contribution in [2.75, 3.05) is 5.33 Å². The van der Waals surface area contributed by atoms with Gasteiger partial charge in [0.15, 0.2) is 0 Å². The van der Waals surface area contributed by atoms with Gasteiger partial charge in [-0.3, -0.25) is 0 Å². The second-order valence-corrected chi connectivity index (χ2v) is 3.44. The monoisotopic (exact) mass is 224 g/mol. The summed E-state index contributed by atoms with van der Waals surface area (Å²) in [5.74, 6) is 0. The van der Waals surface area contributed by atoms with Crippen LogP contribution in [0.25, 0.3) is 6.08 Å². The average molecular weight is 225 g/mol. The lowest BCUT2D eigenvalue weighted by Gasteiger charge is -1.90. The molecule has 0 unspecified atom stereocenters. The van der Waals surface area contributed by atoms with Crippen molar-refractivity contribution in [3.05, 3.63) is 42.0 Å². The SMILES string of the molecule is BrCCC/C=C\c1ccccc1. The fourth-order valence-corrected chi connectivity index (χ4v) is 1.30. The van der Waals surface area contributed by atoms with Crippen molar-refractivity contribution in [3.63, 3.8) is 0 Å². The Kier molecular flexibility index (Phi) is 4.77. The maximum atomic E-state index is 3.40. The molecule has 0 aromatic heterocycles. The van der Waals surface area contributed by atoms with Gasteiger partial charge in [0.2, 0.25) is 0 Å². The highest BCUT2D eigenvalue weighted by Gasteiger charge is 1.82. The van der Waals surface area contributed by atoms with Gasteiger partial charge in [-0.2, -0.15) is 0 Å². The number of benzene rings is 1. The lowest BCUT2D eigenvalue weighted by atomic mass is 10.2. The molecule has 0 atom stereocenters. The van der Waals surface area contributed by atoms with Crippen molar-refractivity contribution < 1.29 is 0 Å². The predicted molar refractivity (Wildman–Crippen MR) is 58.5 cm³/mol. The third kappa shape index (κ3) is 3.72. The van der Waals surface area contributed by atoms with E-state index in [9.17, 15) is 0 Å². The quantitative estimate of drug-likeness (QED) is 0.538. The topological polar surface area (TPSA) is 0 Å². The molecule has 0 heterocycles. The number of rotatable bonds is 4. The van der Waals surface area contributed by atoms with Crippen LogP contribution >= 0.6 is 15.9 Å². The zero-order valence-corrected chi connectivity index (χ0v) is 8.63. The Hall–Kier alpha value is -0.560. The molecular weight excluding hydrogens is 212 g/mol. The number of allylic oxidation sites excluding steroid dienone is 1. The van der Waals surface area contributed by atoms with Gasteiger partial charge in [0.05, 0.1) is 0 Å². The Morgan fingerprint density at radius 3 is 2.58 bits per heavy atom. The number of unbranched alkanes of at least 4 members (excludes halogenated alkanes) is 1. The van der Waals surface area contributed by atoms with Gasteiger partial charge in [0.1, 0.15) is 0 Å². The van der Waals surface area contributed by atoms with Crippen molar-refractivity contribution in [2.24, 2.45) is 0 Å². The van der Waals surface area contributed by atoms with E-state index in [0.717, 1.165) is 11.8 Å². The molecule has 0 radical (unpaired) electrons. The van der Waals surface area contributed by atoms with E-state index in [2.05, 4.69) is 52.3 Å². The first kappa shape index (κ1) is 9.53. The molecule has 0 aliphatic rings. The van der Waals surface area contributed by atoms with E-state index in [1.54, 1.807) is 0 Å². The van der Waals surface area contributed by atoms with Crippen LogP contribution in [-0.4, -0.2) is 5.33 Å². The summed E-state index contributed by atoms with van der Waals surface area (Å²) in [4.78, 5) is 0. The van der Waals surface area contributed by atoms with Gasteiger partial charge in [-0.1, -0.05) is 58.4 Å². The van der Waals surface area contributed by atoms with Crippen LogP contribution in [0.4, 0.5) is 0 Å². The molecule has 0 saturated carbocycles. The molecule has 0 bridgehead atoms. The molecule has 0 spiro atoms. The van der Waals surface area contributed by atoms with Gasteiger partial charge in [0.25, 0.3) is 0 Å². The van der Waals surface area contributed by atoms with Crippen molar-refractivity contribution in [1.29, 1.82) is 0 Å².